The Balaban J connectivity index is 1.77. The van der Waals surface area contributed by atoms with Crippen LogP contribution in [0, 0.1) is 6.92 Å². The fourth-order valence-electron chi connectivity index (χ4n) is 3.90. The van der Waals surface area contributed by atoms with Crippen LogP contribution in [0.3, 0.4) is 0 Å². The van der Waals surface area contributed by atoms with Crippen molar-refractivity contribution in [1.29, 1.82) is 0 Å². The van der Waals surface area contributed by atoms with Gasteiger partial charge >= 0.3 is 6.03 Å². The average Bonchev–Trinajstić information content (AvgIpc) is 3.05. The molecule has 2 aromatic rings. The third-order valence-electron chi connectivity index (χ3n) is 5.30. The van der Waals surface area contributed by atoms with Crippen LogP contribution >= 0.6 is 0 Å². The lowest BCUT2D eigenvalue weighted by atomic mass is 10.1. The van der Waals surface area contributed by atoms with E-state index >= 15 is 0 Å². The zero-order valence-electron chi connectivity index (χ0n) is 14.9. The van der Waals surface area contributed by atoms with E-state index in [0.717, 1.165) is 23.4 Å². The highest BCUT2D eigenvalue weighted by atomic mass is 32.2. The number of rotatable bonds is 3. The number of nitrogens with zero attached hydrogens (tertiary/aromatic N) is 2. The predicted octanol–water partition coefficient (Wildman–Crippen LogP) is 3.17. The molecule has 2 aromatic carbocycles. The van der Waals surface area contributed by atoms with E-state index in [9.17, 15) is 13.2 Å². The molecule has 2 atom stereocenters. The number of hydrogen-bond donors (Lipinski definition) is 0. The van der Waals surface area contributed by atoms with Crippen molar-refractivity contribution in [2.24, 2.45) is 0 Å². The van der Waals surface area contributed by atoms with Crippen LogP contribution in [0.25, 0.3) is 0 Å². The lowest BCUT2D eigenvalue weighted by molar-refractivity contribution is 0.255. The van der Waals surface area contributed by atoms with Crippen molar-refractivity contribution in [1.82, 2.24) is 0 Å². The molecular weight excluding hydrogens is 348 g/mol. The maximum atomic E-state index is 13.2. The van der Waals surface area contributed by atoms with E-state index in [4.69, 9.17) is 0 Å². The minimum absolute atomic E-state index is 0.0147. The minimum atomic E-state index is -3.17. The third kappa shape index (κ3) is 2.78. The fraction of sp³-hybridized carbons (Fsp3) is 0.350. The number of carbonyl (C=O) groups is 1. The molecule has 0 spiro atoms. The first-order chi connectivity index (χ1) is 12.4. The first kappa shape index (κ1) is 17.1. The second kappa shape index (κ2) is 6.13. The molecule has 0 aliphatic carbocycles. The number of benzene rings is 2. The molecule has 5 nitrogen and oxygen atoms in total. The lowest BCUT2D eigenvalue weighted by Crippen LogP contribution is -2.37. The normalized spacial score (nSPS) is 24.2. The molecule has 6 heteroatoms. The first-order valence-electron chi connectivity index (χ1n) is 8.88. The molecule has 0 radical (unpaired) electrons. The molecule has 2 aliphatic heterocycles. The van der Waals surface area contributed by atoms with Crippen molar-refractivity contribution in [3.8, 4) is 0 Å². The van der Waals surface area contributed by atoms with Gasteiger partial charge in [-0.05, 0) is 43.2 Å². The number of urea groups is 1. The standard InChI is InChI=1S/C20H22N2O3S/c1-3-15-6-10-17(11-7-15)22-19-13-26(24,25)12-18(19)21(20(22)23)16-8-4-14(2)5-9-16/h4-11,18-19H,3,12-13H2,1-2H3/t18-,19+/m1/s1. The Morgan fingerprint density at radius 2 is 1.35 bits per heavy atom. The SMILES string of the molecule is CCc1ccc(N2C(=O)N(c3ccc(C)cc3)[C@@H]3CS(=O)(=O)C[C@@H]32)cc1. The maximum Gasteiger partial charge on any atom is 0.329 e. The van der Waals surface area contributed by atoms with Gasteiger partial charge in [0.2, 0.25) is 0 Å². The van der Waals surface area contributed by atoms with Crippen LogP contribution in [0.1, 0.15) is 18.1 Å². The van der Waals surface area contributed by atoms with E-state index in [0.29, 0.717) is 0 Å². The molecule has 0 saturated carbocycles. The molecule has 136 valence electrons. The van der Waals surface area contributed by atoms with Gasteiger partial charge in [0.05, 0.1) is 23.6 Å². The summed E-state index contributed by atoms with van der Waals surface area (Å²) in [5.41, 5.74) is 3.80. The molecule has 2 aliphatic rings. The van der Waals surface area contributed by atoms with Crippen LogP contribution in [0.15, 0.2) is 48.5 Å². The third-order valence-corrected chi connectivity index (χ3v) is 7.00. The Labute approximate surface area is 154 Å². The lowest BCUT2D eigenvalue weighted by Gasteiger charge is -2.23. The van der Waals surface area contributed by atoms with Crippen molar-refractivity contribution < 1.29 is 13.2 Å². The van der Waals surface area contributed by atoms with Crippen molar-refractivity contribution in [3.05, 3.63) is 59.7 Å². The predicted molar refractivity (Wildman–Crippen MR) is 104 cm³/mol. The van der Waals surface area contributed by atoms with Gasteiger partial charge in [-0.3, -0.25) is 9.80 Å². The van der Waals surface area contributed by atoms with Crippen LogP contribution in [-0.4, -0.2) is 38.0 Å². The van der Waals surface area contributed by atoms with E-state index in [1.54, 1.807) is 9.80 Å². The number of anilines is 2. The quantitative estimate of drug-likeness (QED) is 0.780. The Hall–Kier alpha value is -2.34. The van der Waals surface area contributed by atoms with Gasteiger partial charge in [0.1, 0.15) is 0 Å². The molecule has 4 rings (SSSR count). The van der Waals surface area contributed by atoms with E-state index in [1.165, 1.54) is 5.56 Å². The van der Waals surface area contributed by atoms with Gasteiger partial charge in [-0.15, -0.1) is 0 Å². The molecule has 2 saturated heterocycles. The zero-order valence-corrected chi connectivity index (χ0v) is 15.7. The molecule has 2 amide bonds. The average molecular weight is 370 g/mol. The van der Waals surface area contributed by atoms with Crippen LogP contribution in [-0.2, 0) is 16.3 Å². The molecule has 0 aromatic heterocycles. The highest BCUT2D eigenvalue weighted by Crippen LogP contribution is 2.38. The molecular formula is C20H22N2O3S. The smallest absolute Gasteiger partial charge is 0.288 e. The summed E-state index contributed by atoms with van der Waals surface area (Å²) in [4.78, 5) is 16.5. The van der Waals surface area contributed by atoms with Gasteiger partial charge in [0.25, 0.3) is 0 Å². The number of amides is 2. The Kier molecular flexibility index (Phi) is 4.03. The summed E-state index contributed by atoms with van der Waals surface area (Å²) in [6.07, 6.45) is 0.921. The van der Waals surface area contributed by atoms with Gasteiger partial charge < -0.3 is 0 Å². The number of carbonyl (C=O) groups excluding carboxylic acids is 1. The van der Waals surface area contributed by atoms with Crippen molar-refractivity contribution in [2.75, 3.05) is 21.3 Å². The monoisotopic (exact) mass is 370 g/mol. The minimum Gasteiger partial charge on any atom is -0.288 e. The highest BCUT2D eigenvalue weighted by Gasteiger charge is 2.54. The largest absolute Gasteiger partial charge is 0.329 e. The maximum absolute atomic E-state index is 13.2. The molecule has 0 unspecified atom stereocenters. The van der Waals surface area contributed by atoms with Crippen molar-refractivity contribution in [3.63, 3.8) is 0 Å². The topological polar surface area (TPSA) is 57.7 Å². The number of aryl methyl sites for hydroxylation is 2. The summed E-state index contributed by atoms with van der Waals surface area (Å²) in [5, 5.41) is 0. The summed E-state index contributed by atoms with van der Waals surface area (Å²) < 4.78 is 24.6. The van der Waals surface area contributed by atoms with Crippen LogP contribution < -0.4 is 9.80 Å². The second-order valence-electron chi connectivity index (χ2n) is 7.09. The van der Waals surface area contributed by atoms with Crippen molar-refractivity contribution in [2.45, 2.75) is 32.4 Å². The first-order valence-corrected chi connectivity index (χ1v) is 10.7. The summed E-state index contributed by atoms with van der Waals surface area (Å²) in [7, 11) is -3.17. The van der Waals surface area contributed by atoms with Crippen molar-refractivity contribution >= 4 is 27.2 Å². The highest BCUT2D eigenvalue weighted by molar-refractivity contribution is 7.91. The molecule has 26 heavy (non-hydrogen) atoms. The zero-order chi connectivity index (χ0) is 18.5. The van der Waals surface area contributed by atoms with Gasteiger partial charge in [-0.1, -0.05) is 36.8 Å². The summed E-state index contributed by atoms with van der Waals surface area (Å²) in [6.45, 7) is 4.06. The van der Waals surface area contributed by atoms with Crippen LogP contribution in [0.5, 0.6) is 0 Å². The Morgan fingerprint density at radius 1 is 0.885 bits per heavy atom. The van der Waals surface area contributed by atoms with Crippen LogP contribution in [0.4, 0.5) is 16.2 Å². The summed E-state index contributed by atoms with van der Waals surface area (Å²) in [5.74, 6) is 0.0299. The second-order valence-corrected chi connectivity index (χ2v) is 9.24. The molecule has 2 heterocycles. The van der Waals surface area contributed by atoms with E-state index in [-0.39, 0.29) is 29.6 Å². The van der Waals surface area contributed by atoms with E-state index < -0.39 is 9.84 Å². The number of fused-ring (bicyclic) bond motifs is 1. The fourth-order valence-corrected chi connectivity index (χ4v) is 5.82. The van der Waals surface area contributed by atoms with E-state index in [2.05, 4.69) is 6.92 Å². The summed E-state index contributed by atoms with van der Waals surface area (Å²) >= 11 is 0. The Bertz CT molecular complexity index is 936. The molecule has 2 fully saturated rings. The molecule has 0 bridgehead atoms. The molecule has 0 N–H and O–H groups in total. The van der Waals surface area contributed by atoms with Crippen LogP contribution in [0.2, 0.25) is 0 Å². The van der Waals surface area contributed by atoms with E-state index in [1.807, 2.05) is 55.5 Å². The summed E-state index contributed by atoms with van der Waals surface area (Å²) in [6, 6.07) is 14.6. The van der Waals surface area contributed by atoms with Gasteiger partial charge in [-0.2, -0.15) is 0 Å². The Morgan fingerprint density at radius 3 is 1.81 bits per heavy atom. The van der Waals surface area contributed by atoms with Gasteiger partial charge in [-0.25, -0.2) is 13.2 Å². The number of hydrogen-bond acceptors (Lipinski definition) is 3. The van der Waals surface area contributed by atoms with Gasteiger partial charge in [0.15, 0.2) is 9.84 Å². The number of sulfone groups is 1. The van der Waals surface area contributed by atoms with Gasteiger partial charge in [0, 0.05) is 11.4 Å².